The number of esters is 1. The summed E-state index contributed by atoms with van der Waals surface area (Å²) >= 11 is 12.1. The van der Waals surface area contributed by atoms with Crippen LogP contribution in [0.15, 0.2) is 36.4 Å². The third-order valence-electron chi connectivity index (χ3n) is 7.78. The van der Waals surface area contributed by atoms with E-state index in [1.807, 2.05) is 17.0 Å². The molecule has 3 N–H and O–H groups in total. The minimum atomic E-state index is -5.19. The van der Waals surface area contributed by atoms with Gasteiger partial charge in [0.25, 0.3) is 5.91 Å². The van der Waals surface area contributed by atoms with Crippen molar-refractivity contribution in [3.05, 3.63) is 57.6 Å². The predicted octanol–water partition coefficient (Wildman–Crippen LogP) is 5.44. The zero-order valence-corrected chi connectivity index (χ0v) is 26.2. The van der Waals surface area contributed by atoms with Crippen molar-refractivity contribution in [1.29, 1.82) is 0 Å². The summed E-state index contributed by atoms with van der Waals surface area (Å²) in [6.45, 7) is 1.26. The van der Waals surface area contributed by atoms with Gasteiger partial charge in [0.15, 0.2) is 12.4 Å². The number of amides is 2. The summed E-state index contributed by atoms with van der Waals surface area (Å²) in [4.78, 5) is 38.7. The number of nitrogens with zero attached hydrogens (tertiary/aromatic N) is 1. The smallest absolute Gasteiger partial charge is 0.481 e. The molecule has 1 fully saturated rings. The molecule has 0 aromatic heterocycles. The van der Waals surface area contributed by atoms with Crippen molar-refractivity contribution < 1.29 is 37.0 Å². The molecule has 4 rings (SSSR count). The molecule has 246 valence electrons. The van der Waals surface area contributed by atoms with Gasteiger partial charge in [0.1, 0.15) is 6.10 Å². The monoisotopic (exact) mass is 672 g/mol. The van der Waals surface area contributed by atoms with E-state index in [-0.39, 0.29) is 48.6 Å². The molecule has 1 aliphatic heterocycles. The van der Waals surface area contributed by atoms with E-state index in [1.165, 1.54) is 12.1 Å². The van der Waals surface area contributed by atoms with Gasteiger partial charge in [0.05, 0.1) is 15.7 Å². The lowest BCUT2D eigenvalue weighted by atomic mass is 9.94. The van der Waals surface area contributed by atoms with Crippen LogP contribution in [0, 0.1) is 0 Å². The van der Waals surface area contributed by atoms with Crippen molar-refractivity contribution in [3.63, 3.8) is 0 Å². The number of alkyl halides is 3. The van der Waals surface area contributed by atoms with Gasteiger partial charge in [0.2, 0.25) is 5.91 Å². The van der Waals surface area contributed by atoms with Gasteiger partial charge in [-0.2, -0.15) is 13.2 Å². The quantitative estimate of drug-likeness (QED) is 0.181. The van der Waals surface area contributed by atoms with E-state index in [9.17, 15) is 27.6 Å². The third kappa shape index (κ3) is 10.2. The first-order chi connectivity index (χ1) is 21.5. The fourth-order valence-electron chi connectivity index (χ4n) is 5.53. The molecule has 0 spiro atoms. The lowest BCUT2D eigenvalue weighted by Gasteiger charge is -2.35. The molecule has 2 aromatic rings. The topological polar surface area (TPSA) is 109 Å². The van der Waals surface area contributed by atoms with Gasteiger partial charge < -0.3 is 30.3 Å². The van der Waals surface area contributed by atoms with E-state index >= 15 is 0 Å². The molecule has 2 aromatic carbocycles. The van der Waals surface area contributed by atoms with E-state index in [0.29, 0.717) is 36.1 Å². The fourth-order valence-corrected chi connectivity index (χ4v) is 5.85. The van der Waals surface area contributed by atoms with Gasteiger partial charge in [-0.05, 0) is 49.6 Å². The first-order valence-corrected chi connectivity index (χ1v) is 15.8. The fraction of sp³-hybridized carbons (Fsp3) is 0.516. The Morgan fingerprint density at radius 1 is 1.04 bits per heavy atom. The van der Waals surface area contributed by atoms with Crippen molar-refractivity contribution in [2.75, 3.05) is 44.6 Å². The highest BCUT2D eigenvalue weighted by molar-refractivity contribution is 6.42. The number of hydrogen-bond acceptors (Lipinski definition) is 7. The number of ether oxygens (including phenoxy) is 2. The van der Waals surface area contributed by atoms with E-state index < -0.39 is 24.2 Å². The summed E-state index contributed by atoms with van der Waals surface area (Å²) in [5, 5.41) is 9.96. The second kappa shape index (κ2) is 16.5. The molecule has 2 aliphatic rings. The van der Waals surface area contributed by atoms with Crippen molar-refractivity contribution in [1.82, 2.24) is 15.5 Å². The van der Waals surface area contributed by atoms with Gasteiger partial charge in [0, 0.05) is 44.2 Å². The van der Waals surface area contributed by atoms with Crippen molar-refractivity contribution in [2.45, 2.75) is 63.3 Å². The number of hydrogen-bond donors (Lipinski definition) is 3. The van der Waals surface area contributed by atoms with Crippen LogP contribution < -0.4 is 20.7 Å². The maximum absolute atomic E-state index is 13.3. The lowest BCUT2D eigenvalue weighted by Crippen LogP contribution is -2.46. The molecule has 14 heteroatoms. The highest BCUT2D eigenvalue weighted by atomic mass is 35.5. The van der Waals surface area contributed by atoms with E-state index in [4.69, 9.17) is 32.7 Å². The molecule has 2 amide bonds. The van der Waals surface area contributed by atoms with Gasteiger partial charge in [-0.15, -0.1) is 0 Å². The number of carbonyl (C=O) groups is 3. The van der Waals surface area contributed by atoms with Crippen LogP contribution in [0.1, 0.15) is 55.8 Å². The minimum absolute atomic E-state index is 0.00735. The first kappa shape index (κ1) is 34.8. The number of benzene rings is 2. The summed E-state index contributed by atoms with van der Waals surface area (Å²) < 4.78 is 49.7. The molecular formula is C31H37Cl2F3N4O5. The molecule has 1 atom stereocenters. The average molecular weight is 674 g/mol. The summed E-state index contributed by atoms with van der Waals surface area (Å²) in [6, 6.07) is 10.1. The molecule has 0 saturated heterocycles. The molecule has 1 heterocycles. The van der Waals surface area contributed by atoms with Crippen LogP contribution in [-0.4, -0.2) is 74.2 Å². The molecule has 0 unspecified atom stereocenters. The molecular weight excluding hydrogens is 636 g/mol. The number of fused-ring (bicyclic) bond motifs is 1. The largest absolute Gasteiger partial charge is 0.490 e. The zero-order chi connectivity index (χ0) is 32.4. The Bertz CT molecular complexity index is 1340. The van der Waals surface area contributed by atoms with Crippen LogP contribution in [0.5, 0.6) is 5.75 Å². The Balaban J connectivity index is 1.33. The highest BCUT2D eigenvalue weighted by Gasteiger charge is 2.43. The number of nitrogens with one attached hydrogen (secondary N) is 3. The maximum Gasteiger partial charge on any atom is 0.490 e. The van der Waals surface area contributed by atoms with Gasteiger partial charge in [-0.1, -0.05) is 60.7 Å². The van der Waals surface area contributed by atoms with Crippen LogP contribution >= 0.6 is 23.2 Å². The van der Waals surface area contributed by atoms with E-state index in [1.54, 1.807) is 12.1 Å². The highest BCUT2D eigenvalue weighted by Crippen LogP contribution is 2.37. The number of anilines is 1. The number of carbonyl (C=O) groups excluding carboxylic acids is 3. The maximum atomic E-state index is 13.3. The average Bonchev–Trinajstić information content (AvgIpc) is 3.01. The van der Waals surface area contributed by atoms with Gasteiger partial charge in [-0.3, -0.25) is 9.59 Å². The summed E-state index contributed by atoms with van der Waals surface area (Å²) in [6.07, 6.45) is -0.590. The number of halogens is 5. The Labute approximate surface area is 270 Å². The van der Waals surface area contributed by atoms with Crippen LogP contribution in [-0.2, 0) is 25.5 Å². The Morgan fingerprint density at radius 3 is 2.56 bits per heavy atom. The van der Waals surface area contributed by atoms with E-state index in [0.717, 1.165) is 44.1 Å². The minimum Gasteiger partial charge on any atom is -0.481 e. The molecule has 45 heavy (non-hydrogen) atoms. The second-order valence-corrected chi connectivity index (χ2v) is 11.8. The van der Waals surface area contributed by atoms with Gasteiger partial charge in [-0.25, -0.2) is 4.79 Å². The Morgan fingerprint density at radius 2 is 1.82 bits per heavy atom. The first-order valence-electron chi connectivity index (χ1n) is 15.0. The lowest BCUT2D eigenvalue weighted by molar-refractivity contribution is -0.205. The van der Waals surface area contributed by atoms with Crippen molar-refractivity contribution in [2.24, 2.45) is 0 Å². The van der Waals surface area contributed by atoms with Crippen LogP contribution in [0.2, 0.25) is 10.0 Å². The van der Waals surface area contributed by atoms with Crippen LogP contribution in [0.25, 0.3) is 0 Å². The molecule has 9 nitrogen and oxygen atoms in total. The number of para-hydroxylation sites is 1. The molecule has 1 aliphatic carbocycles. The zero-order valence-electron chi connectivity index (χ0n) is 24.7. The molecule has 0 radical (unpaired) electrons. The Hall–Kier alpha value is -3.06. The third-order valence-corrected chi connectivity index (χ3v) is 8.52. The standard InChI is InChI=1S/C31H37Cl2F3N4O5/c32-23-10-9-20(17-24(23)33)11-13-37-14-12-28(42)40(21-5-2-1-3-6-21)16-15-38-18-26(45-30(43)31(34,35)36)22-7-4-8-25-29(22)44-19-27(41)39-25/h4,7-10,17,21,26,37-38H,1-3,5-6,11-16,18-19H2,(H,39,41)/t26-/m1/s1. The Kier molecular flexibility index (Phi) is 12.8. The predicted molar refractivity (Wildman–Crippen MR) is 165 cm³/mol. The second-order valence-electron chi connectivity index (χ2n) is 11.0. The van der Waals surface area contributed by atoms with E-state index in [2.05, 4.69) is 16.0 Å². The van der Waals surface area contributed by atoms with Crippen LogP contribution in [0.3, 0.4) is 0 Å². The SMILES string of the molecule is O=C1COc2c(cccc2[C@@H](CNCCN(C(=O)CCNCCc2ccc(Cl)c(Cl)c2)C2CCCCC2)OC(=O)C(F)(F)F)N1. The van der Waals surface area contributed by atoms with Crippen molar-refractivity contribution >= 4 is 46.7 Å². The summed E-state index contributed by atoms with van der Waals surface area (Å²) in [5.74, 6) is -2.61. The number of rotatable bonds is 14. The van der Waals surface area contributed by atoms with Crippen LogP contribution in [0.4, 0.5) is 18.9 Å². The molecule has 0 bridgehead atoms. The molecule has 1 saturated carbocycles. The summed E-state index contributed by atoms with van der Waals surface area (Å²) in [5.41, 5.74) is 1.49. The van der Waals surface area contributed by atoms with Crippen molar-refractivity contribution in [3.8, 4) is 5.75 Å². The van der Waals surface area contributed by atoms with Gasteiger partial charge >= 0.3 is 12.1 Å². The normalized spacial score (nSPS) is 15.9. The summed E-state index contributed by atoms with van der Waals surface area (Å²) in [7, 11) is 0.